The SMILES string of the molecule is CN(C)CCCN1C(=O)c2oc3ccccc3c(=O)c2C1c1cccc(Br)c1. The predicted molar refractivity (Wildman–Crippen MR) is 113 cm³/mol. The fourth-order valence-electron chi connectivity index (χ4n) is 3.78. The van der Waals surface area contributed by atoms with E-state index in [1.54, 1.807) is 23.1 Å². The van der Waals surface area contributed by atoms with Gasteiger partial charge in [-0.15, -0.1) is 0 Å². The number of benzene rings is 2. The number of halogens is 1. The molecule has 1 aliphatic rings. The molecule has 5 nitrogen and oxygen atoms in total. The van der Waals surface area contributed by atoms with Gasteiger partial charge in [0.05, 0.1) is 17.0 Å². The van der Waals surface area contributed by atoms with E-state index in [2.05, 4.69) is 20.8 Å². The van der Waals surface area contributed by atoms with E-state index in [0.29, 0.717) is 23.1 Å². The fraction of sp³-hybridized carbons (Fsp3) is 0.273. The standard InChI is InChI=1S/C22H21BrN2O3/c1-24(2)11-6-12-25-19(14-7-5-8-15(23)13-14)18-20(26)16-9-3-4-10-17(16)28-21(18)22(25)27/h3-5,7-10,13,19H,6,11-12H2,1-2H3. The maximum atomic E-state index is 13.3. The minimum Gasteiger partial charge on any atom is -0.450 e. The van der Waals surface area contributed by atoms with E-state index in [1.807, 2.05) is 44.4 Å². The molecule has 0 bridgehead atoms. The molecule has 1 aromatic heterocycles. The number of rotatable bonds is 5. The number of carbonyl (C=O) groups excluding carboxylic acids is 1. The first-order valence-electron chi connectivity index (χ1n) is 9.24. The molecule has 2 aromatic carbocycles. The molecule has 0 spiro atoms. The maximum Gasteiger partial charge on any atom is 0.290 e. The van der Waals surface area contributed by atoms with Crippen LogP contribution in [-0.4, -0.2) is 42.9 Å². The lowest BCUT2D eigenvalue weighted by Gasteiger charge is -2.26. The Morgan fingerprint density at radius 1 is 1.11 bits per heavy atom. The smallest absolute Gasteiger partial charge is 0.290 e. The molecule has 0 radical (unpaired) electrons. The lowest BCUT2D eigenvalue weighted by atomic mass is 9.98. The van der Waals surface area contributed by atoms with Crippen molar-refractivity contribution in [2.45, 2.75) is 12.5 Å². The van der Waals surface area contributed by atoms with Crippen LogP contribution < -0.4 is 5.43 Å². The van der Waals surface area contributed by atoms with Crippen molar-refractivity contribution in [2.24, 2.45) is 0 Å². The molecule has 2 heterocycles. The van der Waals surface area contributed by atoms with E-state index >= 15 is 0 Å². The Balaban J connectivity index is 1.88. The van der Waals surface area contributed by atoms with Crippen LogP contribution in [-0.2, 0) is 0 Å². The van der Waals surface area contributed by atoms with Crippen molar-refractivity contribution in [1.29, 1.82) is 0 Å². The van der Waals surface area contributed by atoms with E-state index in [-0.39, 0.29) is 17.1 Å². The van der Waals surface area contributed by atoms with Crippen LogP contribution in [0.15, 0.2) is 62.2 Å². The second-order valence-corrected chi connectivity index (χ2v) is 8.20. The van der Waals surface area contributed by atoms with Crippen LogP contribution in [0.2, 0.25) is 0 Å². The molecule has 0 aliphatic carbocycles. The van der Waals surface area contributed by atoms with Crippen molar-refractivity contribution in [3.05, 3.63) is 80.1 Å². The third-order valence-corrected chi connectivity index (χ3v) is 5.54. The number of carbonyl (C=O) groups is 1. The Bertz CT molecular complexity index is 1110. The van der Waals surface area contributed by atoms with Crippen molar-refractivity contribution < 1.29 is 9.21 Å². The zero-order chi connectivity index (χ0) is 19.8. The summed E-state index contributed by atoms with van der Waals surface area (Å²) in [4.78, 5) is 30.4. The third-order valence-electron chi connectivity index (χ3n) is 5.04. The summed E-state index contributed by atoms with van der Waals surface area (Å²) >= 11 is 3.50. The van der Waals surface area contributed by atoms with Gasteiger partial charge in [0.1, 0.15) is 5.58 Å². The van der Waals surface area contributed by atoms with Crippen LogP contribution in [0, 0.1) is 0 Å². The molecular weight excluding hydrogens is 420 g/mol. The van der Waals surface area contributed by atoms with Gasteiger partial charge in [0, 0.05) is 11.0 Å². The number of hydrogen-bond donors (Lipinski definition) is 0. The fourth-order valence-corrected chi connectivity index (χ4v) is 4.20. The van der Waals surface area contributed by atoms with Crippen molar-refractivity contribution in [3.63, 3.8) is 0 Å². The summed E-state index contributed by atoms with van der Waals surface area (Å²) < 4.78 is 6.83. The summed E-state index contributed by atoms with van der Waals surface area (Å²) in [5, 5.41) is 0.504. The second-order valence-electron chi connectivity index (χ2n) is 7.28. The molecule has 1 amide bonds. The highest BCUT2D eigenvalue weighted by molar-refractivity contribution is 9.10. The van der Waals surface area contributed by atoms with Gasteiger partial charge < -0.3 is 14.2 Å². The Morgan fingerprint density at radius 3 is 2.64 bits per heavy atom. The molecule has 6 heteroatoms. The van der Waals surface area contributed by atoms with Crippen LogP contribution in [0.1, 0.15) is 34.1 Å². The van der Waals surface area contributed by atoms with Gasteiger partial charge in [-0.25, -0.2) is 0 Å². The molecule has 1 unspecified atom stereocenters. The summed E-state index contributed by atoms with van der Waals surface area (Å²) in [6, 6.07) is 14.4. The normalized spacial score (nSPS) is 16.2. The van der Waals surface area contributed by atoms with Gasteiger partial charge in [0.15, 0.2) is 5.43 Å². The molecule has 4 rings (SSSR count). The Morgan fingerprint density at radius 2 is 1.89 bits per heavy atom. The molecule has 0 fully saturated rings. The van der Waals surface area contributed by atoms with Crippen LogP contribution in [0.3, 0.4) is 0 Å². The summed E-state index contributed by atoms with van der Waals surface area (Å²) in [5.41, 5.74) is 1.65. The van der Waals surface area contributed by atoms with Gasteiger partial charge in [0.2, 0.25) is 5.76 Å². The molecule has 3 aromatic rings. The second kappa shape index (κ2) is 7.53. The van der Waals surface area contributed by atoms with Crippen molar-refractivity contribution >= 4 is 32.8 Å². The maximum absolute atomic E-state index is 13.3. The van der Waals surface area contributed by atoms with Crippen LogP contribution in [0.5, 0.6) is 0 Å². The quantitative estimate of drug-likeness (QED) is 0.600. The number of amides is 1. The van der Waals surface area contributed by atoms with Gasteiger partial charge in [-0.2, -0.15) is 0 Å². The van der Waals surface area contributed by atoms with Gasteiger partial charge in [0.25, 0.3) is 5.91 Å². The van der Waals surface area contributed by atoms with Crippen LogP contribution >= 0.6 is 15.9 Å². The topological polar surface area (TPSA) is 53.8 Å². The van der Waals surface area contributed by atoms with Crippen LogP contribution in [0.4, 0.5) is 0 Å². The molecule has 1 atom stereocenters. The first kappa shape index (κ1) is 18.9. The monoisotopic (exact) mass is 440 g/mol. The van der Waals surface area contributed by atoms with E-state index in [9.17, 15) is 9.59 Å². The number of hydrogen-bond acceptors (Lipinski definition) is 4. The van der Waals surface area contributed by atoms with Crippen LogP contribution in [0.25, 0.3) is 11.0 Å². The zero-order valence-electron chi connectivity index (χ0n) is 15.8. The minimum atomic E-state index is -0.442. The van der Waals surface area contributed by atoms with Crippen molar-refractivity contribution in [1.82, 2.24) is 9.80 Å². The average molecular weight is 441 g/mol. The average Bonchev–Trinajstić information content (AvgIpc) is 2.94. The Labute approximate surface area is 171 Å². The van der Waals surface area contributed by atoms with Gasteiger partial charge >= 0.3 is 0 Å². The molecule has 0 saturated heterocycles. The first-order valence-corrected chi connectivity index (χ1v) is 10.0. The molecule has 0 N–H and O–H groups in total. The highest BCUT2D eigenvalue weighted by atomic mass is 79.9. The van der Waals surface area contributed by atoms with E-state index < -0.39 is 6.04 Å². The summed E-state index contributed by atoms with van der Waals surface area (Å²) in [6.45, 7) is 1.41. The van der Waals surface area contributed by atoms with E-state index in [4.69, 9.17) is 4.42 Å². The van der Waals surface area contributed by atoms with Gasteiger partial charge in [-0.3, -0.25) is 9.59 Å². The number of para-hydroxylation sites is 1. The summed E-state index contributed by atoms with van der Waals surface area (Å²) in [7, 11) is 4.01. The summed E-state index contributed by atoms with van der Waals surface area (Å²) in [5.74, 6) is -0.0555. The number of nitrogens with zero attached hydrogens (tertiary/aromatic N) is 2. The predicted octanol–water partition coefficient (Wildman–Crippen LogP) is 4.05. The lowest BCUT2D eigenvalue weighted by Crippen LogP contribution is -2.32. The van der Waals surface area contributed by atoms with Crippen molar-refractivity contribution in [2.75, 3.05) is 27.2 Å². The largest absolute Gasteiger partial charge is 0.450 e. The summed E-state index contributed by atoms with van der Waals surface area (Å²) in [6.07, 6.45) is 0.810. The third kappa shape index (κ3) is 3.27. The Kier molecular flexibility index (Phi) is 5.08. The molecule has 1 aliphatic heterocycles. The highest BCUT2D eigenvalue weighted by Gasteiger charge is 2.42. The minimum absolute atomic E-state index is 0.134. The van der Waals surface area contributed by atoms with Gasteiger partial charge in [-0.05, 0) is 56.9 Å². The van der Waals surface area contributed by atoms with E-state index in [0.717, 1.165) is 23.0 Å². The molecule has 0 saturated carbocycles. The Hall–Kier alpha value is -2.44. The molecule has 144 valence electrons. The zero-order valence-corrected chi connectivity index (χ0v) is 17.4. The lowest BCUT2D eigenvalue weighted by molar-refractivity contribution is 0.0722. The first-order chi connectivity index (χ1) is 13.5. The van der Waals surface area contributed by atoms with Crippen molar-refractivity contribution in [3.8, 4) is 0 Å². The van der Waals surface area contributed by atoms with E-state index in [1.165, 1.54) is 0 Å². The number of fused-ring (bicyclic) bond motifs is 2. The molecular formula is C22H21BrN2O3. The highest BCUT2D eigenvalue weighted by Crippen LogP contribution is 2.38. The molecule has 28 heavy (non-hydrogen) atoms. The van der Waals surface area contributed by atoms with Gasteiger partial charge in [-0.1, -0.05) is 40.2 Å².